The van der Waals surface area contributed by atoms with E-state index in [1.165, 1.54) is 0 Å². The molecular weight excluding hydrogens is 222 g/mol. The van der Waals surface area contributed by atoms with Crippen LogP contribution in [0.4, 0.5) is 0 Å². The van der Waals surface area contributed by atoms with Crippen molar-refractivity contribution in [3.05, 3.63) is 22.4 Å². The van der Waals surface area contributed by atoms with E-state index in [9.17, 15) is 5.11 Å². The van der Waals surface area contributed by atoms with Crippen LogP contribution in [0.15, 0.2) is 17.5 Å². The topological polar surface area (TPSA) is 41.5 Å². The van der Waals surface area contributed by atoms with Gasteiger partial charge in [-0.05, 0) is 30.8 Å². The van der Waals surface area contributed by atoms with Gasteiger partial charge in [0, 0.05) is 24.6 Å². The van der Waals surface area contributed by atoms with E-state index in [1.807, 2.05) is 17.5 Å². The van der Waals surface area contributed by atoms with Gasteiger partial charge < -0.3 is 15.2 Å². The lowest BCUT2D eigenvalue weighted by atomic mass is 10.1. The molecule has 2 unspecified atom stereocenters. The highest BCUT2D eigenvalue weighted by molar-refractivity contribution is 7.10. The predicted octanol–water partition coefficient (Wildman–Crippen LogP) is 2.19. The Balaban J connectivity index is 2.35. The van der Waals surface area contributed by atoms with Gasteiger partial charge in [-0.2, -0.15) is 0 Å². The first-order valence-corrected chi connectivity index (χ1v) is 6.61. The van der Waals surface area contributed by atoms with Gasteiger partial charge in [0.15, 0.2) is 0 Å². The van der Waals surface area contributed by atoms with Crippen molar-refractivity contribution in [1.82, 2.24) is 5.32 Å². The molecule has 0 spiro atoms. The molecule has 0 bridgehead atoms. The number of thiophene rings is 1. The number of aliphatic hydroxyl groups is 1. The van der Waals surface area contributed by atoms with Crippen molar-refractivity contribution in [3.63, 3.8) is 0 Å². The summed E-state index contributed by atoms with van der Waals surface area (Å²) in [6.45, 7) is 3.73. The highest BCUT2D eigenvalue weighted by atomic mass is 32.1. The molecule has 0 saturated heterocycles. The van der Waals surface area contributed by atoms with Gasteiger partial charge in [0.25, 0.3) is 0 Å². The SMILES string of the molecule is CCC(NCCCOC)C(O)c1cccs1. The van der Waals surface area contributed by atoms with E-state index in [0.29, 0.717) is 0 Å². The molecule has 1 heterocycles. The van der Waals surface area contributed by atoms with Gasteiger partial charge in [0.1, 0.15) is 6.10 Å². The standard InChI is InChI=1S/C12H21NO2S/c1-3-10(13-7-5-8-15-2)12(14)11-6-4-9-16-11/h4,6,9-10,12-14H,3,5,7-8H2,1-2H3. The number of hydrogen-bond acceptors (Lipinski definition) is 4. The molecule has 92 valence electrons. The Morgan fingerprint density at radius 3 is 2.94 bits per heavy atom. The molecule has 0 amide bonds. The number of rotatable bonds is 8. The van der Waals surface area contributed by atoms with Crippen LogP contribution in [-0.2, 0) is 4.74 Å². The third-order valence-corrected chi connectivity index (χ3v) is 3.53. The quantitative estimate of drug-likeness (QED) is 0.688. The molecule has 1 rings (SSSR count). The molecule has 0 aliphatic carbocycles. The maximum absolute atomic E-state index is 10.1. The van der Waals surface area contributed by atoms with Crippen LogP contribution in [0.5, 0.6) is 0 Å². The van der Waals surface area contributed by atoms with Crippen LogP contribution in [-0.4, -0.2) is 31.4 Å². The van der Waals surface area contributed by atoms with Gasteiger partial charge in [0.05, 0.1) is 0 Å². The van der Waals surface area contributed by atoms with E-state index in [4.69, 9.17) is 4.74 Å². The van der Waals surface area contributed by atoms with Crippen LogP contribution in [0.3, 0.4) is 0 Å². The largest absolute Gasteiger partial charge is 0.386 e. The second-order valence-corrected chi connectivity index (χ2v) is 4.75. The number of hydrogen-bond donors (Lipinski definition) is 2. The van der Waals surface area contributed by atoms with Crippen LogP contribution in [0, 0.1) is 0 Å². The number of methoxy groups -OCH3 is 1. The lowest BCUT2D eigenvalue weighted by Crippen LogP contribution is -2.35. The Labute approximate surface area is 101 Å². The van der Waals surface area contributed by atoms with Crippen LogP contribution in [0.2, 0.25) is 0 Å². The van der Waals surface area contributed by atoms with E-state index >= 15 is 0 Å². The summed E-state index contributed by atoms with van der Waals surface area (Å²) in [7, 11) is 1.71. The fourth-order valence-corrected chi connectivity index (χ4v) is 2.42. The molecule has 1 aromatic rings. The van der Waals surface area contributed by atoms with E-state index in [0.717, 1.165) is 30.9 Å². The average molecular weight is 243 g/mol. The molecule has 3 nitrogen and oxygen atoms in total. The molecule has 0 radical (unpaired) electrons. The summed E-state index contributed by atoms with van der Waals surface area (Å²) < 4.78 is 4.99. The molecular formula is C12H21NO2S. The van der Waals surface area contributed by atoms with Crippen molar-refractivity contribution in [2.24, 2.45) is 0 Å². The number of ether oxygens (including phenoxy) is 1. The summed E-state index contributed by atoms with van der Waals surface area (Å²) in [5, 5.41) is 15.5. The summed E-state index contributed by atoms with van der Waals surface area (Å²) in [6, 6.07) is 4.09. The minimum atomic E-state index is -0.396. The Bertz CT molecular complexity index is 264. The molecule has 16 heavy (non-hydrogen) atoms. The molecule has 0 aromatic carbocycles. The molecule has 0 aliphatic heterocycles. The van der Waals surface area contributed by atoms with Crippen molar-refractivity contribution < 1.29 is 9.84 Å². The van der Waals surface area contributed by atoms with Gasteiger partial charge in [0.2, 0.25) is 0 Å². The van der Waals surface area contributed by atoms with Gasteiger partial charge >= 0.3 is 0 Å². The van der Waals surface area contributed by atoms with Crippen LogP contribution in [0.1, 0.15) is 30.7 Å². The molecule has 0 aliphatic rings. The zero-order chi connectivity index (χ0) is 11.8. The smallest absolute Gasteiger partial charge is 0.103 e. The zero-order valence-corrected chi connectivity index (χ0v) is 10.8. The normalized spacial score (nSPS) is 14.9. The van der Waals surface area contributed by atoms with Crippen LogP contribution >= 0.6 is 11.3 Å². The summed E-state index contributed by atoms with van der Waals surface area (Å²) in [4.78, 5) is 1.03. The van der Waals surface area contributed by atoms with Crippen LogP contribution in [0.25, 0.3) is 0 Å². The summed E-state index contributed by atoms with van der Waals surface area (Å²) in [5.41, 5.74) is 0. The summed E-state index contributed by atoms with van der Waals surface area (Å²) >= 11 is 1.60. The fourth-order valence-electron chi connectivity index (χ4n) is 1.64. The first kappa shape index (κ1) is 13.6. The Kier molecular flexibility index (Phi) is 6.64. The van der Waals surface area contributed by atoms with Gasteiger partial charge in [-0.25, -0.2) is 0 Å². The molecule has 0 fully saturated rings. The lowest BCUT2D eigenvalue weighted by molar-refractivity contribution is 0.126. The maximum atomic E-state index is 10.1. The average Bonchev–Trinajstić information content (AvgIpc) is 2.82. The Hall–Kier alpha value is -0.420. The lowest BCUT2D eigenvalue weighted by Gasteiger charge is -2.22. The number of aliphatic hydroxyl groups excluding tert-OH is 1. The molecule has 2 atom stereocenters. The monoisotopic (exact) mass is 243 g/mol. The van der Waals surface area contributed by atoms with Crippen molar-refractivity contribution in [2.75, 3.05) is 20.3 Å². The molecule has 1 aromatic heterocycles. The minimum absolute atomic E-state index is 0.135. The van der Waals surface area contributed by atoms with E-state index in [1.54, 1.807) is 18.4 Å². The van der Waals surface area contributed by atoms with Crippen molar-refractivity contribution in [3.8, 4) is 0 Å². The van der Waals surface area contributed by atoms with Crippen molar-refractivity contribution in [2.45, 2.75) is 31.9 Å². The third-order valence-electron chi connectivity index (χ3n) is 2.59. The van der Waals surface area contributed by atoms with Gasteiger partial charge in [-0.15, -0.1) is 11.3 Å². The first-order valence-electron chi connectivity index (χ1n) is 5.73. The zero-order valence-electron chi connectivity index (χ0n) is 9.98. The van der Waals surface area contributed by atoms with E-state index in [-0.39, 0.29) is 6.04 Å². The van der Waals surface area contributed by atoms with Gasteiger partial charge in [-0.1, -0.05) is 13.0 Å². The number of nitrogens with one attached hydrogen (secondary N) is 1. The van der Waals surface area contributed by atoms with E-state index in [2.05, 4.69) is 12.2 Å². The predicted molar refractivity (Wildman–Crippen MR) is 67.9 cm³/mol. The third kappa shape index (κ3) is 4.22. The second-order valence-electron chi connectivity index (χ2n) is 3.78. The second kappa shape index (κ2) is 7.79. The minimum Gasteiger partial charge on any atom is -0.386 e. The highest BCUT2D eigenvalue weighted by Gasteiger charge is 2.18. The molecule has 0 saturated carbocycles. The van der Waals surface area contributed by atoms with Crippen molar-refractivity contribution >= 4 is 11.3 Å². The van der Waals surface area contributed by atoms with Gasteiger partial charge in [-0.3, -0.25) is 0 Å². The molecule has 2 N–H and O–H groups in total. The van der Waals surface area contributed by atoms with Crippen molar-refractivity contribution in [1.29, 1.82) is 0 Å². The molecule has 4 heteroatoms. The Morgan fingerprint density at radius 1 is 1.56 bits per heavy atom. The fraction of sp³-hybridized carbons (Fsp3) is 0.667. The summed E-state index contributed by atoms with van der Waals surface area (Å²) in [6.07, 6.45) is 1.50. The highest BCUT2D eigenvalue weighted by Crippen LogP contribution is 2.23. The summed E-state index contributed by atoms with van der Waals surface area (Å²) in [5.74, 6) is 0. The first-order chi connectivity index (χ1) is 7.79. The van der Waals surface area contributed by atoms with E-state index < -0.39 is 6.10 Å². The Morgan fingerprint density at radius 2 is 2.38 bits per heavy atom. The van der Waals surface area contributed by atoms with Crippen LogP contribution < -0.4 is 5.32 Å². The maximum Gasteiger partial charge on any atom is 0.103 e.